The maximum atomic E-state index is 11.2. The van der Waals surface area contributed by atoms with Gasteiger partial charge in [0.05, 0.1) is 20.0 Å². The molecule has 0 amide bonds. The van der Waals surface area contributed by atoms with Crippen molar-refractivity contribution in [1.82, 2.24) is 14.7 Å². The van der Waals surface area contributed by atoms with E-state index in [2.05, 4.69) is 95.2 Å². The Bertz CT molecular complexity index is 1370. The monoisotopic (exact) mass is 657 g/mol. The second-order valence-corrected chi connectivity index (χ2v) is 14.6. The van der Waals surface area contributed by atoms with Crippen LogP contribution >= 0.6 is 0 Å². The first-order valence-electron chi connectivity index (χ1n) is 18.5. The highest BCUT2D eigenvalue weighted by molar-refractivity contribution is 5.51. The van der Waals surface area contributed by atoms with Gasteiger partial charge in [0.2, 0.25) is 0 Å². The second kappa shape index (κ2) is 17.0. The minimum Gasteiger partial charge on any atom is -0.507 e. The number of aryl methyl sites for hydroxylation is 6. The van der Waals surface area contributed by atoms with Crippen LogP contribution in [0.4, 0.5) is 0 Å². The zero-order chi connectivity index (χ0) is 35.1. The maximum absolute atomic E-state index is 11.2. The molecular weight excluding hydrogens is 594 g/mol. The topological polar surface area (TPSA) is 70.4 Å². The molecule has 0 atom stereocenters. The normalized spacial score (nSPS) is 14.7. The van der Waals surface area contributed by atoms with Crippen LogP contribution in [0.5, 0.6) is 17.2 Å². The van der Waals surface area contributed by atoms with Crippen LogP contribution in [0.3, 0.4) is 0 Å². The van der Waals surface area contributed by atoms with E-state index in [0.29, 0.717) is 17.2 Å². The molecule has 3 N–H and O–H groups in total. The Morgan fingerprint density at radius 2 is 0.708 bits per heavy atom. The molecule has 4 rings (SSSR count). The number of nitrogens with zero attached hydrogens (tertiary/aromatic N) is 3. The summed E-state index contributed by atoms with van der Waals surface area (Å²) in [4.78, 5) is 7.43. The minimum atomic E-state index is 0.449. The molecule has 0 unspecified atom stereocenters. The summed E-state index contributed by atoms with van der Waals surface area (Å²) >= 11 is 0. The summed E-state index contributed by atoms with van der Waals surface area (Å²) in [5, 5.41) is 33.6. The van der Waals surface area contributed by atoms with Gasteiger partial charge in [0.1, 0.15) is 17.2 Å². The highest BCUT2D eigenvalue weighted by Gasteiger charge is 2.28. The molecule has 264 valence electrons. The Balaban J connectivity index is 1.67. The molecule has 3 aromatic carbocycles. The van der Waals surface area contributed by atoms with Crippen molar-refractivity contribution in [3.8, 4) is 17.2 Å². The number of phenols is 3. The van der Waals surface area contributed by atoms with Gasteiger partial charge in [0.25, 0.3) is 0 Å². The van der Waals surface area contributed by atoms with E-state index >= 15 is 0 Å². The third-order valence-electron chi connectivity index (χ3n) is 10.7. The summed E-state index contributed by atoms with van der Waals surface area (Å²) in [5.74, 6) is 1.35. The van der Waals surface area contributed by atoms with Crippen LogP contribution in [-0.4, -0.2) is 50.0 Å². The molecule has 3 aromatic rings. The molecule has 1 aliphatic heterocycles. The third-order valence-corrected chi connectivity index (χ3v) is 10.7. The molecule has 0 bridgehead atoms. The van der Waals surface area contributed by atoms with Crippen LogP contribution in [0.1, 0.15) is 126 Å². The summed E-state index contributed by atoms with van der Waals surface area (Å²) in [6.07, 6.45) is 9.25. The van der Waals surface area contributed by atoms with E-state index in [4.69, 9.17) is 0 Å². The van der Waals surface area contributed by atoms with Gasteiger partial charge in [-0.15, -0.1) is 0 Å². The van der Waals surface area contributed by atoms with Crippen molar-refractivity contribution in [2.75, 3.05) is 20.0 Å². The molecule has 6 heteroatoms. The fourth-order valence-electron chi connectivity index (χ4n) is 7.65. The molecule has 0 spiro atoms. The highest BCUT2D eigenvalue weighted by atomic mass is 16.3. The van der Waals surface area contributed by atoms with Crippen molar-refractivity contribution in [3.05, 3.63) is 85.0 Å². The number of hydrogen-bond acceptors (Lipinski definition) is 6. The van der Waals surface area contributed by atoms with Crippen molar-refractivity contribution in [1.29, 1.82) is 0 Å². The molecule has 1 saturated heterocycles. The smallest absolute Gasteiger partial charge is 0.122 e. The zero-order valence-electron chi connectivity index (χ0n) is 31.5. The predicted molar refractivity (Wildman–Crippen MR) is 200 cm³/mol. The fraction of sp³-hybridized carbons (Fsp3) is 0.571. The van der Waals surface area contributed by atoms with Crippen molar-refractivity contribution >= 4 is 0 Å². The van der Waals surface area contributed by atoms with Crippen molar-refractivity contribution in [3.63, 3.8) is 0 Å². The molecule has 1 fully saturated rings. The molecule has 1 aliphatic rings. The summed E-state index contributed by atoms with van der Waals surface area (Å²) in [6.45, 7) is 23.9. The average molecular weight is 658 g/mol. The van der Waals surface area contributed by atoms with Gasteiger partial charge in [0, 0.05) is 19.6 Å². The van der Waals surface area contributed by atoms with E-state index < -0.39 is 0 Å². The standard InChI is InChI=1S/C42H63N3O3/c1-10-13-16-34-19-28(4)37(31(7)40(34)46)22-43-25-44(23-38-29(5)20-35(17-14-11-2)41(47)32(38)8)27-45(26-43)24-39-30(6)21-36(18-15-12-3)42(48)33(39)9/h19-21,46-48H,10-18,22-27H2,1-9H3. The van der Waals surface area contributed by atoms with Gasteiger partial charge in [-0.1, -0.05) is 58.2 Å². The van der Waals surface area contributed by atoms with E-state index in [1.54, 1.807) is 0 Å². The number of aromatic hydroxyl groups is 3. The molecule has 0 radical (unpaired) electrons. The molecule has 0 aromatic heterocycles. The van der Waals surface area contributed by atoms with Gasteiger partial charge in [-0.2, -0.15) is 0 Å². The molecular formula is C42H63N3O3. The SMILES string of the molecule is CCCCc1cc(C)c(CN2CN(Cc3c(C)cc(CCCC)c(O)c3C)CN(Cc3c(C)cc(CCCC)c(O)c3C)C2)c(C)c1O. The van der Waals surface area contributed by atoms with E-state index in [1.807, 2.05) is 0 Å². The maximum Gasteiger partial charge on any atom is 0.122 e. The van der Waals surface area contributed by atoms with E-state index in [1.165, 1.54) is 33.4 Å². The van der Waals surface area contributed by atoms with Gasteiger partial charge < -0.3 is 15.3 Å². The lowest BCUT2D eigenvalue weighted by molar-refractivity contribution is -0.0427. The first-order chi connectivity index (χ1) is 22.9. The fourth-order valence-corrected chi connectivity index (χ4v) is 7.65. The molecule has 1 heterocycles. The van der Waals surface area contributed by atoms with E-state index in [0.717, 1.165) is 131 Å². The van der Waals surface area contributed by atoms with Crippen molar-refractivity contribution in [2.45, 2.75) is 140 Å². The second-order valence-electron chi connectivity index (χ2n) is 14.6. The van der Waals surface area contributed by atoms with Crippen molar-refractivity contribution < 1.29 is 15.3 Å². The first kappa shape index (κ1) is 37.8. The minimum absolute atomic E-state index is 0.449. The van der Waals surface area contributed by atoms with Gasteiger partial charge in [-0.05, 0) is 147 Å². The molecule has 48 heavy (non-hydrogen) atoms. The summed E-state index contributed by atoms with van der Waals surface area (Å²) in [5.41, 5.74) is 13.4. The number of phenolic OH excluding ortho intramolecular Hbond substituents is 3. The van der Waals surface area contributed by atoms with Crippen LogP contribution in [0.25, 0.3) is 0 Å². The number of hydrogen-bond donors (Lipinski definition) is 3. The first-order valence-corrected chi connectivity index (χ1v) is 18.5. The third kappa shape index (κ3) is 8.74. The number of unbranched alkanes of at least 4 members (excludes halogenated alkanes) is 3. The van der Waals surface area contributed by atoms with Gasteiger partial charge >= 0.3 is 0 Å². The summed E-state index contributed by atoms with van der Waals surface area (Å²) < 4.78 is 0. The zero-order valence-corrected chi connectivity index (χ0v) is 31.5. The highest BCUT2D eigenvalue weighted by Crippen LogP contribution is 2.35. The predicted octanol–water partition coefficient (Wildman–Crippen LogP) is 9.37. The Labute approximate surface area is 291 Å². The molecule has 0 aliphatic carbocycles. The van der Waals surface area contributed by atoms with Crippen molar-refractivity contribution in [2.24, 2.45) is 0 Å². The summed E-state index contributed by atoms with van der Waals surface area (Å²) in [6, 6.07) is 6.58. The molecule has 0 saturated carbocycles. The van der Waals surface area contributed by atoms with E-state index in [-0.39, 0.29) is 0 Å². The van der Waals surface area contributed by atoms with Crippen LogP contribution in [0.15, 0.2) is 18.2 Å². The molecule has 6 nitrogen and oxygen atoms in total. The number of benzene rings is 3. The van der Waals surface area contributed by atoms with E-state index in [9.17, 15) is 15.3 Å². The lowest BCUT2D eigenvalue weighted by atomic mass is 9.94. The Morgan fingerprint density at radius 3 is 0.938 bits per heavy atom. The average Bonchev–Trinajstić information content (AvgIpc) is 3.06. The lowest BCUT2D eigenvalue weighted by Gasteiger charge is -2.43. The lowest BCUT2D eigenvalue weighted by Crippen LogP contribution is -2.54. The van der Waals surface area contributed by atoms with Crippen LogP contribution < -0.4 is 0 Å². The van der Waals surface area contributed by atoms with Crippen LogP contribution in [-0.2, 0) is 38.9 Å². The van der Waals surface area contributed by atoms with Crippen LogP contribution in [0.2, 0.25) is 0 Å². The van der Waals surface area contributed by atoms with Gasteiger partial charge in [0.15, 0.2) is 0 Å². The Morgan fingerprint density at radius 1 is 0.458 bits per heavy atom. The van der Waals surface area contributed by atoms with Crippen LogP contribution in [0, 0.1) is 41.5 Å². The number of rotatable bonds is 15. The van der Waals surface area contributed by atoms with Gasteiger partial charge in [-0.25, -0.2) is 0 Å². The quantitative estimate of drug-likeness (QED) is 0.151. The summed E-state index contributed by atoms with van der Waals surface area (Å²) in [7, 11) is 0. The van der Waals surface area contributed by atoms with Gasteiger partial charge in [-0.3, -0.25) is 14.7 Å². The Kier molecular flexibility index (Phi) is 13.4. The largest absolute Gasteiger partial charge is 0.507 e. The Hall–Kier alpha value is -3.06.